The van der Waals surface area contributed by atoms with Crippen LogP contribution in [0, 0.1) is 0 Å². The van der Waals surface area contributed by atoms with Crippen LogP contribution in [0.2, 0.25) is 0 Å². The average molecular weight is 633 g/mol. The van der Waals surface area contributed by atoms with Crippen molar-refractivity contribution in [3.63, 3.8) is 0 Å². The third-order valence-electron chi connectivity index (χ3n) is 8.55. The fourth-order valence-electron chi connectivity index (χ4n) is 5.89. The lowest BCUT2D eigenvalue weighted by Crippen LogP contribution is -2.66. The van der Waals surface area contributed by atoms with Gasteiger partial charge in [-0.15, -0.1) is 0 Å². The summed E-state index contributed by atoms with van der Waals surface area (Å²) in [6, 6.07) is -5.30. The van der Waals surface area contributed by atoms with Crippen LogP contribution in [0.15, 0.2) is 0 Å². The highest BCUT2D eigenvalue weighted by Gasteiger charge is 2.53. The first-order valence-electron chi connectivity index (χ1n) is 14.3. The number of nitrogens with two attached hydrogens (primary N) is 6. The van der Waals surface area contributed by atoms with E-state index in [-0.39, 0.29) is 25.8 Å². The molecular formula is C24H46F2N6O11. The molecule has 18 atom stereocenters. The number of rotatable bonds is 10. The first-order chi connectivity index (χ1) is 20.3. The fourth-order valence-corrected chi connectivity index (χ4v) is 5.89. The first kappa shape index (κ1) is 35.0. The van der Waals surface area contributed by atoms with Crippen molar-refractivity contribution in [3.8, 4) is 0 Å². The molecule has 17 nitrogen and oxygen atoms in total. The molecule has 3 heterocycles. The molecular weight excluding hydrogens is 586 g/mol. The minimum atomic E-state index is -2.84. The molecule has 1 aliphatic carbocycles. The van der Waals surface area contributed by atoms with E-state index in [2.05, 4.69) is 0 Å². The molecule has 0 radical (unpaired) electrons. The third kappa shape index (κ3) is 7.44. The Balaban J connectivity index is 1.48. The van der Waals surface area contributed by atoms with E-state index < -0.39 is 123 Å². The number of alkyl halides is 2. The van der Waals surface area contributed by atoms with Crippen LogP contribution >= 0.6 is 0 Å². The second kappa shape index (κ2) is 14.7. The van der Waals surface area contributed by atoms with Gasteiger partial charge < -0.3 is 88.4 Å². The van der Waals surface area contributed by atoms with E-state index >= 15 is 0 Å². The van der Waals surface area contributed by atoms with Gasteiger partial charge in [-0.3, -0.25) is 0 Å². The van der Waals surface area contributed by atoms with Crippen molar-refractivity contribution < 1.29 is 62.7 Å². The number of hydrogen-bond donors (Lipinski definition) is 11. The minimum absolute atomic E-state index is 0.0834. The topological polar surface area (TPSA) is 313 Å². The predicted octanol–water partition coefficient (Wildman–Crippen LogP) is -6.20. The third-order valence-corrected chi connectivity index (χ3v) is 8.55. The smallest absolute Gasteiger partial charge is 0.256 e. The zero-order valence-corrected chi connectivity index (χ0v) is 23.4. The first-order valence-corrected chi connectivity index (χ1v) is 14.3. The molecule has 0 spiro atoms. The predicted molar refractivity (Wildman–Crippen MR) is 141 cm³/mol. The molecule has 3 saturated heterocycles. The molecule has 1 unspecified atom stereocenters. The monoisotopic (exact) mass is 632 g/mol. The summed E-state index contributed by atoms with van der Waals surface area (Å²) >= 11 is 0. The summed E-state index contributed by atoms with van der Waals surface area (Å²) in [5.74, 6) is 0. The van der Waals surface area contributed by atoms with E-state index in [0.29, 0.717) is 0 Å². The minimum Gasteiger partial charge on any atom is -0.394 e. The van der Waals surface area contributed by atoms with E-state index in [0.717, 1.165) is 0 Å². The van der Waals surface area contributed by atoms with E-state index in [1.807, 2.05) is 0 Å². The van der Waals surface area contributed by atoms with Gasteiger partial charge in [0.15, 0.2) is 18.9 Å². The molecule has 3 aliphatic heterocycles. The van der Waals surface area contributed by atoms with Gasteiger partial charge in [0.1, 0.15) is 48.8 Å². The molecule has 0 amide bonds. The zero-order chi connectivity index (χ0) is 31.7. The summed E-state index contributed by atoms with van der Waals surface area (Å²) in [6.07, 6.45) is -19.4. The van der Waals surface area contributed by atoms with Gasteiger partial charge in [-0.25, -0.2) is 8.78 Å². The largest absolute Gasteiger partial charge is 0.394 e. The van der Waals surface area contributed by atoms with Crippen LogP contribution in [0.4, 0.5) is 8.78 Å². The van der Waals surface area contributed by atoms with Gasteiger partial charge in [0.05, 0.1) is 36.9 Å². The van der Waals surface area contributed by atoms with Gasteiger partial charge in [0.25, 0.3) is 6.43 Å². The van der Waals surface area contributed by atoms with E-state index in [1.165, 1.54) is 0 Å². The number of ether oxygens (including phenoxy) is 6. The van der Waals surface area contributed by atoms with Gasteiger partial charge in [-0.1, -0.05) is 0 Å². The standard InChI is InChI=1S/C24H46F2N6O11/c25-21(26)12(31)9-2-1-6(28)22(38-9)41-18-8(30)3-7(29)14(34)20(18)43-24-17(37)19(11(5-33)40-24)42-23-13(32)16(36)15(35)10(4-27)39-23/h6-24,33-37H,1-5,27-32H2/t6-,7-,8+,9+,10+,11-,12-,13-,14+,15-,16-,17-,18-,19-,20-,22-,23?,24+/m1/s1. The summed E-state index contributed by atoms with van der Waals surface area (Å²) in [5, 5.41) is 52.5. The lowest BCUT2D eigenvalue weighted by Gasteiger charge is -2.46. The Morgan fingerprint density at radius 1 is 0.698 bits per heavy atom. The highest BCUT2D eigenvalue weighted by molar-refractivity contribution is 5.01. The second-order valence-corrected chi connectivity index (χ2v) is 11.6. The second-order valence-electron chi connectivity index (χ2n) is 11.6. The average Bonchev–Trinajstić information content (AvgIpc) is 3.27. The summed E-state index contributed by atoms with van der Waals surface area (Å²) in [4.78, 5) is 0. The Bertz CT molecular complexity index is 892. The normalized spacial score (nSPS) is 50.2. The number of aliphatic hydroxyl groups is 5. The Kier molecular flexibility index (Phi) is 12.0. The molecule has 252 valence electrons. The Morgan fingerprint density at radius 2 is 1.33 bits per heavy atom. The maximum Gasteiger partial charge on any atom is 0.256 e. The van der Waals surface area contributed by atoms with Crippen LogP contribution in [0.3, 0.4) is 0 Å². The molecule has 0 aromatic heterocycles. The fraction of sp³-hybridized carbons (Fsp3) is 1.00. The van der Waals surface area contributed by atoms with Crippen molar-refractivity contribution >= 4 is 0 Å². The summed E-state index contributed by atoms with van der Waals surface area (Å²) < 4.78 is 61.2. The Morgan fingerprint density at radius 3 is 1.95 bits per heavy atom. The van der Waals surface area contributed by atoms with Crippen LogP contribution < -0.4 is 34.4 Å². The lowest BCUT2D eigenvalue weighted by atomic mass is 9.84. The van der Waals surface area contributed by atoms with Gasteiger partial charge in [-0.05, 0) is 19.3 Å². The van der Waals surface area contributed by atoms with Crippen molar-refractivity contribution in [2.24, 2.45) is 34.4 Å². The van der Waals surface area contributed by atoms with Crippen LogP contribution in [0.1, 0.15) is 19.3 Å². The van der Waals surface area contributed by atoms with Crippen LogP contribution in [0.5, 0.6) is 0 Å². The molecule has 19 heteroatoms. The quantitative estimate of drug-likeness (QED) is 0.107. The van der Waals surface area contributed by atoms with Gasteiger partial charge >= 0.3 is 0 Å². The number of aliphatic hydroxyl groups excluding tert-OH is 5. The van der Waals surface area contributed by atoms with Crippen LogP contribution in [-0.2, 0) is 28.4 Å². The van der Waals surface area contributed by atoms with Crippen molar-refractivity contribution in [2.45, 2.75) is 136 Å². The van der Waals surface area contributed by atoms with E-state index in [9.17, 15) is 34.3 Å². The molecule has 0 aromatic rings. The number of hydrogen-bond acceptors (Lipinski definition) is 17. The SMILES string of the molecule is NC[C@@H]1OC(O[C@H]2[C@@H](O)[C@H](O[C@@H]3[C@@H](O)[C@H](N)C[C@H](N)[C@H]3O[C@H]3O[C@H]([C@@H](N)C(F)F)CC[C@H]3N)O[C@@H]2CO)[C@H](N)[C@@H](O)[C@@H]1O. The maximum atomic E-state index is 13.2. The maximum absolute atomic E-state index is 13.2. The van der Waals surface area contributed by atoms with Crippen molar-refractivity contribution in [1.82, 2.24) is 0 Å². The Labute approximate surface area is 246 Å². The van der Waals surface area contributed by atoms with E-state index in [4.69, 9.17) is 62.8 Å². The molecule has 4 rings (SSSR count). The molecule has 0 aromatic carbocycles. The molecule has 4 aliphatic rings. The zero-order valence-electron chi connectivity index (χ0n) is 23.4. The van der Waals surface area contributed by atoms with Crippen LogP contribution in [0.25, 0.3) is 0 Å². The highest BCUT2D eigenvalue weighted by atomic mass is 19.3. The van der Waals surface area contributed by atoms with E-state index in [1.54, 1.807) is 0 Å². The number of halogens is 2. The van der Waals surface area contributed by atoms with Gasteiger partial charge in [0.2, 0.25) is 0 Å². The van der Waals surface area contributed by atoms with Gasteiger partial charge in [0, 0.05) is 18.6 Å². The van der Waals surface area contributed by atoms with Gasteiger partial charge in [-0.2, -0.15) is 0 Å². The van der Waals surface area contributed by atoms with Crippen molar-refractivity contribution in [3.05, 3.63) is 0 Å². The summed E-state index contributed by atoms with van der Waals surface area (Å²) in [5.41, 5.74) is 35.7. The summed E-state index contributed by atoms with van der Waals surface area (Å²) in [6.45, 7) is -0.827. The molecule has 4 fully saturated rings. The molecule has 0 bridgehead atoms. The molecule has 1 saturated carbocycles. The highest BCUT2D eigenvalue weighted by Crippen LogP contribution is 2.34. The van der Waals surface area contributed by atoms with Crippen molar-refractivity contribution in [1.29, 1.82) is 0 Å². The molecule has 43 heavy (non-hydrogen) atoms. The molecule has 17 N–H and O–H groups in total. The summed E-state index contributed by atoms with van der Waals surface area (Å²) in [7, 11) is 0. The Hall–Kier alpha value is -0.820. The van der Waals surface area contributed by atoms with Crippen molar-refractivity contribution in [2.75, 3.05) is 13.2 Å². The van der Waals surface area contributed by atoms with Crippen LogP contribution in [-0.4, -0.2) is 155 Å². The lowest BCUT2D eigenvalue weighted by molar-refractivity contribution is -0.291.